The maximum absolute atomic E-state index is 4.23. The molecule has 2 heterocycles. The predicted molar refractivity (Wildman–Crippen MR) is 58.7 cm³/mol. The van der Waals surface area contributed by atoms with E-state index in [0.717, 1.165) is 31.3 Å². The van der Waals surface area contributed by atoms with Crippen molar-refractivity contribution < 1.29 is 0 Å². The molecule has 2 N–H and O–H groups in total. The summed E-state index contributed by atoms with van der Waals surface area (Å²) >= 11 is 0. The SMILES string of the molecule is CCn1ccnc1NCCc1ncc[nH]1. The fraction of sp³-hybridized carbons (Fsp3) is 0.400. The highest BCUT2D eigenvalue weighted by molar-refractivity contribution is 5.25. The lowest BCUT2D eigenvalue weighted by molar-refractivity contribution is 0.760. The topological polar surface area (TPSA) is 58.5 Å². The van der Waals surface area contributed by atoms with Gasteiger partial charge in [0.05, 0.1) is 0 Å². The third-order valence-electron chi connectivity index (χ3n) is 2.26. The summed E-state index contributed by atoms with van der Waals surface area (Å²) in [6.07, 6.45) is 8.25. The lowest BCUT2D eigenvalue weighted by Gasteiger charge is -2.06. The van der Waals surface area contributed by atoms with Crippen LogP contribution in [0.1, 0.15) is 12.7 Å². The van der Waals surface area contributed by atoms with Crippen LogP contribution in [0.25, 0.3) is 0 Å². The largest absolute Gasteiger partial charge is 0.355 e. The average molecular weight is 205 g/mol. The molecule has 0 aliphatic rings. The van der Waals surface area contributed by atoms with E-state index in [2.05, 4.69) is 31.8 Å². The summed E-state index contributed by atoms with van der Waals surface area (Å²) in [4.78, 5) is 11.4. The van der Waals surface area contributed by atoms with Gasteiger partial charge in [0, 0.05) is 44.3 Å². The molecule has 5 heteroatoms. The molecule has 0 aromatic carbocycles. The van der Waals surface area contributed by atoms with Crippen molar-refractivity contribution >= 4 is 5.95 Å². The molecule has 2 rings (SSSR count). The molecule has 0 aliphatic carbocycles. The third-order valence-corrected chi connectivity index (χ3v) is 2.26. The number of aromatic nitrogens is 4. The fourth-order valence-electron chi connectivity index (χ4n) is 1.46. The van der Waals surface area contributed by atoms with Crippen LogP contribution in [0.3, 0.4) is 0 Å². The Labute approximate surface area is 88.6 Å². The lowest BCUT2D eigenvalue weighted by atomic mass is 10.4. The Kier molecular flexibility index (Phi) is 3.02. The second-order valence-corrected chi connectivity index (χ2v) is 3.25. The number of rotatable bonds is 5. The summed E-state index contributed by atoms with van der Waals surface area (Å²) in [5, 5.41) is 3.27. The van der Waals surface area contributed by atoms with Crippen LogP contribution in [0.4, 0.5) is 5.95 Å². The maximum atomic E-state index is 4.23. The molecule has 5 nitrogen and oxygen atoms in total. The number of nitrogens with zero attached hydrogens (tertiary/aromatic N) is 3. The number of nitrogens with one attached hydrogen (secondary N) is 2. The zero-order valence-electron chi connectivity index (χ0n) is 8.77. The van der Waals surface area contributed by atoms with E-state index in [0.29, 0.717) is 0 Å². The summed E-state index contributed by atoms with van der Waals surface area (Å²) < 4.78 is 2.07. The Balaban J connectivity index is 1.83. The molecule has 2 aromatic rings. The van der Waals surface area contributed by atoms with Crippen LogP contribution in [0.2, 0.25) is 0 Å². The summed E-state index contributed by atoms with van der Waals surface area (Å²) in [5.41, 5.74) is 0. The minimum atomic E-state index is 0.838. The molecular formula is C10H15N5. The van der Waals surface area contributed by atoms with Crippen LogP contribution in [0, 0.1) is 0 Å². The molecule has 2 aromatic heterocycles. The van der Waals surface area contributed by atoms with E-state index < -0.39 is 0 Å². The fourth-order valence-corrected chi connectivity index (χ4v) is 1.46. The van der Waals surface area contributed by atoms with Crippen molar-refractivity contribution in [1.29, 1.82) is 0 Å². The van der Waals surface area contributed by atoms with Gasteiger partial charge < -0.3 is 14.9 Å². The van der Waals surface area contributed by atoms with Crippen LogP contribution in [-0.4, -0.2) is 26.1 Å². The van der Waals surface area contributed by atoms with Gasteiger partial charge in [0.25, 0.3) is 0 Å². The highest BCUT2D eigenvalue weighted by atomic mass is 15.2. The summed E-state index contributed by atoms with van der Waals surface area (Å²) in [6, 6.07) is 0. The second kappa shape index (κ2) is 4.63. The highest BCUT2D eigenvalue weighted by Crippen LogP contribution is 2.03. The Morgan fingerprint density at radius 1 is 1.40 bits per heavy atom. The van der Waals surface area contributed by atoms with Crippen LogP contribution in [-0.2, 0) is 13.0 Å². The van der Waals surface area contributed by atoms with Crippen molar-refractivity contribution in [3.63, 3.8) is 0 Å². The molecule has 0 bridgehead atoms. The molecule has 0 atom stereocenters. The van der Waals surface area contributed by atoms with Crippen molar-refractivity contribution in [3.8, 4) is 0 Å². The van der Waals surface area contributed by atoms with Crippen molar-refractivity contribution in [2.24, 2.45) is 0 Å². The van der Waals surface area contributed by atoms with E-state index >= 15 is 0 Å². The van der Waals surface area contributed by atoms with Crippen LogP contribution < -0.4 is 5.32 Å². The monoisotopic (exact) mass is 205 g/mol. The average Bonchev–Trinajstić information content (AvgIpc) is 2.88. The van der Waals surface area contributed by atoms with E-state index in [1.807, 2.05) is 12.4 Å². The summed E-state index contributed by atoms with van der Waals surface area (Å²) in [5.74, 6) is 1.92. The number of hydrogen-bond acceptors (Lipinski definition) is 3. The number of imidazole rings is 2. The molecule has 0 unspecified atom stereocenters. The first-order valence-corrected chi connectivity index (χ1v) is 5.13. The quantitative estimate of drug-likeness (QED) is 0.773. The van der Waals surface area contributed by atoms with Gasteiger partial charge in [-0.2, -0.15) is 0 Å². The molecule has 80 valence electrons. The third kappa shape index (κ3) is 2.37. The van der Waals surface area contributed by atoms with Crippen molar-refractivity contribution in [3.05, 3.63) is 30.6 Å². The second-order valence-electron chi connectivity index (χ2n) is 3.25. The molecule has 0 spiro atoms. The van der Waals surface area contributed by atoms with Gasteiger partial charge in [0.2, 0.25) is 5.95 Å². The number of H-pyrrole nitrogens is 1. The zero-order chi connectivity index (χ0) is 10.5. The molecule has 0 fully saturated rings. The van der Waals surface area contributed by atoms with Gasteiger partial charge in [-0.05, 0) is 6.92 Å². The van der Waals surface area contributed by atoms with Gasteiger partial charge in [0.15, 0.2) is 0 Å². The first kappa shape index (κ1) is 9.76. The number of aromatic amines is 1. The standard InChI is InChI=1S/C10H15N5/c1-2-15-8-7-14-10(15)13-4-3-9-11-5-6-12-9/h5-8H,2-4H2,1H3,(H,11,12)(H,13,14). The molecule has 0 amide bonds. The first-order chi connectivity index (χ1) is 7.40. The van der Waals surface area contributed by atoms with E-state index in [9.17, 15) is 0 Å². The van der Waals surface area contributed by atoms with Crippen molar-refractivity contribution in [2.75, 3.05) is 11.9 Å². The Bertz CT molecular complexity index is 390. The Morgan fingerprint density at radius 2 is 2.33 bits per heavy atom. The van der Waals surface area contributed by atoms with Gasteiger partial charge in [-0.1, -0.05) is 0 Å². The number of anilines is 1. The van der Waals surface area contributed by atoms with Gasteiger partial charge in [0.1, 0.15) is 5.82 Å². The Hall–Kier alpha value is -1.78. The molecular weight excluding hydrogens is 190 g/mol. The molecule has 0 radical (unpaired) electrons. The van der Waals surface area contributed by atoms with Gasteiger partial charge >= 0.3 is 0 Å². The zero-order valence-corrected chi connectivity index (χ0v) is 8.77. The maximum Gasteiger partial charge on any atom is 0.202 e. The number of aryl methyl sites for hydroxylation is 1. The van der Waals surface area contributed by atoms with Crippen LogP contribution >= 0.6 is 0 Å². The smallest absolute Gasteiger partial charge is 0.202 e. The molecule has 15 heavy (non-hydrogen) atoms. The number of hydrogen-bond donors (Lipinski definition) is 2. The van der Waals surface area contributed by atoms with Gasteiger partial charge in [-0.3, -0.25) is 0 Å². The van der Waals surface area contributed by atoms with Crippen molar-refractivity contribution in [2.45, 2.75) is 19.9 Å². The minimum Gasteiger partial charge on any atom is -0.355 e. The van der Waals surface area contributed by atoms with Gasteiger partial charge in [-0.15, -0.1) is 0 Å². The van der Waals surface area contributed by atoms with E-state index in [4.69, 9.17) is 0 Å². The normalized spacial score (nSPS) is 10.5. The van der Waals surface area contributed by atoms with E-state index in [1.54, 1.807) is 12.4 Å². The molecule has 0 saturated carbocycles. The minimum absolute atomic E-state index is 0.838. The predicted octanol–water partition coefficient (Wildman–Crippen LogP) is 1.28. The molecule has 0 aliphatic heterocycles. The van der Waals surface area contributed by atoms with Gasteiger partial charge in [-0.25, -0.2) is 9.97 Å². The van der Waals surface area contributed by atoms with E-state index in [-0.39, 0.29) is 0 Å². The van der Waals surface area contributed by atoms with Crippen LogP contribution in [0.5, 0.6) is 0 Å². The summed E-state index contributed by atoms with van der Waals surface area (Å²) in [6.45, 7) is 3.87. The summed E-state index contributed by atoms with van der Waals surface area (Å²) in [7, 11) is 0. The van der Waals surface area contributed by atoms with E-state index in [1.165, 1.54) is 0 Å². The van der Waals surface area contributed by atoms with Crippen molar-refractivity contribution in [1.82, 2.24) is 19.5 Å². The molecule has 0 saturated heterocycles. The van der Waals surface area contributed by atoms with Crippen LogP contribution in [0.15, 0.2) is 24.8 Å². The highest BCUT2D eigenvalue weighted by Gasteiger charge is 2.00. The lowest BCUT2D eigenvalue weighted by Crippen LogP contribution is -2.10. The Morgan fingerprint density at radius 3 is 3.07 bits per heavy atom. The first-order valence-electron chi connectivity index (χ1n) is 5.13.